The van der Waals surface area contributed by atoms with Crippen LogP contribution in [0.25, 0.3) is 0 Å². The second-order valence-corrected chi connectivity index (χ2v) is 4.61. The molecule has 0 bridgehead atoms. The van der Waals surface area contributed by atoms with Crippen LogP contribution in [0.2, 0.25) is 0 Å². The van der Waals surface area contributed by atoms with Crippen LogP contribution in [0.5, 0.6) is 0 Å². The number of carbonyl (C=O) groups is 1. The fraction of sp³-hybridized carbons (Fsp3) is 0.429. The summed E-state index contributed by atoms with van der Waals surface area (Å²) in [5, 5.41) is 11.9. The number of nitriles is 1. The molecule has 1 amide bonds. The van der Waals surface area contributed by atoms with Crippen molar-refractivity contribution in [1.29, 1.82) is 5.26 Å². The van der Waals surface area contributed by atoms with E-state index in [1.165, 1.54) is 0 Å². The van der Waals surface area contributed by atoms with Crippen molar-refractivity contribution in [1.82, 2.24) is 5.32 Å². The summed E-state index contributed by atoms with van der Waals surface area (Å²) in [7, 11) is 0. The van der Waals surface area contributed by atoms with E-state index >= 15 is 0 Å². The van der Waals surface area contributed by atoms with Gasteiger partial charge in [-0.1, -0.05) is 37.3 Å². The number of carbonyl (C=O) groups excluding carboxylic acids is 1. The predicted octanol–water partition coefficient (Wildman–Crippen LogP) is 2.41. The first kappa shape index (κ1) is 11.7. The Balaban J connectivity index is 2.01. The molecule has 0 aromatic heterocycles. The molecule has 1 N–H and O–H groups in total. The Morgan fingerprint density at radius 3 is 2.59 bits per heavy atom. The molecular formula is C14H16N2O. The average molecular weight is 228 g/mol. The number of hydrogen-bond donors (Lipinski definition) is 1. The molecule has 1 aromatic carbocycles. The molecule has 0 saturated heterocycles. The van der Waals surface area contributed by atoms with Gasteiger partial charge in [0.2, 0.25) is 5.91 Å². The summed E-state index contributed by atoms with van der Waals surface area (Å²) in [6.45, 7) is 1.94. The summed E-state index contributed by atoms with van der Waals surface area (Å²) < 4.78 is 0. The minimum Gasteiger partial charge on any atom is -0.336 e. The van der Waals surface area contributed by atoms with Crippen LogP contribution in [0.3, 0.4) is 0 Å². The summed E-state index contributed by atoms with van der Waals surface area (Å²) >= 11 is 0. The molecule has 0 radical (unpaired) electrons. The molecule has 1 aromatic rings. The van der Waals surface area contributed by atoms with Crippen molar-refractivity contribution >= 4 is 5.91 Å². The van der Waals surface area contributed by atoms with Crippen molar-refractivity contribution in [2.75, 3.05) is 0 Å². The van der Waals surface area contributed by atoms with Crippen molar-refractivity contribution in [3.05, 3.63) is 35.9 Å². The van der Waals surface area contributed by atoms with Gasteiger partial charge >= 0.3 is 0 Å². The van der Waals surface area contributed by atoms with E-state index in [4.69, 9.17) is 5.26 Å². The summed E-state index contributed by atoms with van der Waals surface area (Å²) in [4.78, 5) is 11.9. The number of amides is 1. The summed E-state index contributed by atoms with van der Waals surface area (Å²) in [6.07, 6.45) is 2.27. The first-order chi connectivity index (χ1) is 8.22. The maximum Gasteiger partial charge on any atom is 0.224 e. The first-order valence-electron chi connectivity index (χ1n) is 5.97. The van der Waals surface area contributed by atoms with Crippen molar-refractivity contribution in [3.8, 4) is 6.07 Å². The van der Waals surface area contributed by atoms with Crippen LogP contribution >= 0.6 is 0 Å². The van der Waals surface area contributed by atoms with Crippen LogP contribution in [0, 0.1) is 23.2 Å². The van der Waals surface area contributed by atoms with E-state index in [9.17, 15) is 4.79 Å². The monoisotopic (exact) mass is 228 g/mol. The predicted molar refractivity (Wildman–Crippen MR) is 64.8 cm³/mol. The zero-order valence-electron chi connectivity index (χ0n) is 9.89. The molecule has 2 unspecified atom stereocenters. The second kappa shape index (κ2) is 5.01. The molecule has 88 valence electrons. The number of rotatable bonds is 4. The van der Waals surface area contributed by atoms with Gasteiger partial charge in [0, 0.05) is 5.92 Å². The third-order valence-electron chi connectivity index (χ3n) is 3.29. The fourth-order valence-electron chi connectivity index (χ4n) is 1.92. The van der Waals surface area contributed by atoms with Crippen LogP contribution in [0.15, 0.2) is 30.3 Å². The van der Waals surface area contributed by atoms with Gasteiger partial charge in [-0.2, -0.15) is 5.26 Å². The Bertz CT molecular complexity index is 431. The lowest BCUT2D eigenvalue weighted by Crippen LogP contribution is -2.33. The first-order valence-corrected chi connectivity index (χ1v) is 5.97. The molecule has 2 rings (SSSR count). The molecule has 0 spiro atoms. The molecule has 17 heavy (non-hydrogen) atoms. The van der Waals surface area contributed by atoms with Crippen molar-refractivity contribution in [2.45, 2.75) is 25.8 Å². The Morgan fingerprint density at radius 2 is 2.06 bits per heavy atom. The van der Waals surface area contributed by atoms with Gasteiger partial charge in [0.05, 0.1) is 6.07 Å². The molecule has 1 saturated carbocycles. The Hall–Kier alpha value is -1.82. The summed E-state index contributed by atoms with van der Waals surface area (Å²) in [5.41, 5.74) is 0.839. The van der Waals surface area contributed by atoms with Gasteiger partial charge in [-0.3, -0.25) is 4.79 Å². The van der Waals surface area contributed by atoms with Gasteiger partial charge in [-0.25, -0.2) is 0 Å². The van der Waals surface area contributed by atoms with E-state index < -0.39 is 6.04 Å². The lowest BCUT2D eigenvalue weighted by molar-refractivity contribution is -0.125. The summed E-state index contributed by atoms with van der Waals surface area (Å²) in [5.74, 6) is 0.530. The number of hydrogen-bond acceptors (Lipinski definition) is 2. The normalized spacial score (nSPS) is 17.9. The standard InChI is InChI=1S/C14H16N2O/c1-10(11-7-8-11)14(17)16-13(9-15)12-5-3-2-4-6-12/h2-6,10-11,13H,7-8H2,1H3,(H,16,17). The van der Waals surface area contributed by atoms with Gasteiger partial charge in [0.1, 0.15) is 6.04 Å². The molecule has 2 atom stereocenters. The highest BCUT2D eigenvalue weighted by Crippen LogP contribution is 2.36. The minimum atomic E-state index is -0.537. The van der Waals surface area contributed by atoms with E-state index in [1.54, 1.807) is 0 Å². The lowest BCUT2D eigenvalue weighted by Gasteiger charge is -2.15. The van der Waals surface area contributed by atoms with Crippen molar-refractivity contribution in [2.24, 2.45) is 11.8 Å². The average Bonchev–Trinajstić information content (AvgIpc) is 3.20. The third kappa shape index (κ3) is 2.85. The number of nitrogens with one attached hydrogen (secondary N) is 1. The third-order valence-corrected chi connectivity index (χ3v) is 3.29. The maximum absolute atomic E-state index is 11.9. The van der Waals surface area contributed by atoms with Crippen molar-refractivity contribution < 1.29 is 4.79 Å². The van der Waals surface area contributed by atoms with E-state index in [0.29, 0.717) is 5.92 Å². The van der Waals surface area contributed by atoms with Crippen molar-refractivity contribution in [3.63, 3.8) is 0 Å². The Labute approximate surface area is 101 Å². The Kier molecular flexibility index (Phi) is 3.43. The molecule has 0 aliphatic heterocycles. The van der Waals surface area contributed by atoms with Gasteiger partial charge in [0.25, 0.3) is 0 Å². The van der Waals surface area contributed by atoms with E-state index in [0.717, 1.165) is 18.4 Å². The molecule has 3 heteroatoms. The summed E-state index contributed by atoms with van der Waals surface area (Å²) in [6, 6.07) is 10.9. The largest absolute Gasteiger partial charge is 0.336 e. The highest BCUT2D eigenvalue weighted by molar-refractivity contribution is 5.79. The van der Waals surface area contributed by atoms with Gasteiger partial charge in [-0.15, -0.1) is 0 Å². The molecule has 0 heterocycles. The topological polar surface area (TPSA) is 52.9 Å². The molecular weight excluding hydrogens is 212 g/mol. The Morgan fingerprint density at radius 1 is 1.41 bits per heavy atom. The zero-order valence-corrected chi connectivity index (χ0v) is 9.89. The smallest absolute Gasteiger partial charge is 0.224 e. The van der Waals surface area contributed by atoms with E-state index in [1.807, 2.05) is 37.3 Å². The van der Waals surface area contributed by atoms with E-state index in [2.05, 4.69) is 11.4 Å². The van der Waals surface area contributed by atoms with Gasteiger partial charge < -0.3 is 5.32 Å². The minimum absolute atomic E-state index is 0.0112. The van der Waals surface area contributed by atoms with Crippen LogP contribution < -0.4 is 5.32 Å². The number of nitrogens with zero attached hydrogens (tertiary/aromatic N) is 1. The van der Waals surface area contributed by atoms with Crippen LogP contribution in [0.4, 0.5) is 0 Å². The van der Waals surface area contributed by atoms with Crippen LogP contribution in [-0.2, 0) is 4.79 Å². The highest BCUT2D eigenvalue weighted by atomic mass is 16.1. The highest BCUT2D eigenvalue weighted by Gasteiger charge is 2.33. The maximum atomic E-state index is 11.9. The fourth-order valence-corrected chi connectivity index (χ4v) is 1.92. The molecule has 1 aliphatic carbocycles. The molecule has 3 nitrogen and oxygen atoms in total. The second-order valence-electron chi connectivity index (χ2n) is 4.61. The van der Waals surface area contributed by atoms with Crippen LogP contribution in [-0.4, -0.2) is 5.91 Å². The van der Waals surface area contributed by atoms with E-state index in [-0.39, 0.29) is 11.8 Å². The molecule has 1 aliphatic rings. The van der Waals surface area contributed by atoms with Gasteiger partial charge in [-0.05, 0) is 24.3 Å². The van der Waals surface area contributed by atoms with Gasteiger partial charge in [0.15, 0.2) is 0 Å². The molecule has 1 fully saturated rings. The number of benzene rings is 1. The van der Waals surface area contributed by atoms with Crippen LogP contribution in [0.1, 0.15) is 31.4 Å². The zero-order chi connectivity index (χ0) is 12.3. The quantitative estimate of drug-likeness (QED) is 0.860. The lowest BCUT2D eigenvalue weighted by atomic mass is 10.0. The SMILES string of the molecule is CC(C(=O)NC(C#N)c1ccccc1)C1CC1.